The summed E-state index contributed by atoms with van der Waals surface area (Å²) in [6.45, 7) is 0. The van der Waals surface area contributed by atoms with E-state index in [2.05, 4.69) is 0 Å². The van der Waals surface area contributed by atoms with E-state index >= 15 is 0 Å². The number of aliphatic carboxylic acids is 2. The van der Waals surface area contributed by atoms with Crippen molar-refractivity contribution in [2.24, 2.45) is 5.41 Å². The third kappa shape index (κ3) is 2.43. The average molecular weight is 276 g/mol. The Kier molecular flexibility index (Phi) is 3.88. The summed E-state index contributed by atoms with van der Waals surface area (Å²) in [7, 11) is 0. The van der Waals surface area contributed by atoms with Gasteiger partial charge in [-0.2, -0.15) is 0 Å². The highest BCUT2D eigenvalue weighted by Gasteiger charge is 2.48. The zero-order chi connectivity index (χ0) is 14.8. The molecule has 0 aliphatic heterocycles. The second kappa shape index (κ2) is 5.45. The van der Waals surface area contributed by atoms with Crippen LogP contribution in [0.1, 0.15) is 41.6 Å². The highest BCUT2D eigenvalue weighted by molar-refractivity contribution is 6.13. The second-order valence-corrected chi connectivity index (χ2v) is 5.12. The normalized spacial score (nSPS) is 21.3. The maximum absolute atomic E-state index is 12.5. The Bertz CT molecular complexity index is 563. The van der Waals surface area contributed by atoms with Crippen LogP contribution >= 0.6 is 0 Å². The molecule has 1 aromatic carbocycles. The number of carbonyl (C=O) groups is 3. The molecule has 2 rings (SSSR count). The lowest BCUT2D eigenvalue weighted by molar-refractivity contribution is -0.147. The lowest BCUT2D eigenvalue weighted by Gasteiger charge is -2.32. The highest BCUT2D eigenvalue weighted by atomic mass is 16.4. The number of rotatable bonds is 5. The molecule has 1 aliphatic rings. The van der Waals surface area contributed by atoms with Crippen molar-refractivity contribution in [2.45, 2.75) is 32.1 Å². The van der Waals surface area contributed by atoms with Crippen molar-refractivity contribution in [3.63, 3.8) is 0 Å². The number of benzene rings is 1. The van der Waals surface area contributed by atoms with Crippen molar-refractivity contribution >= 4 is 17.7 Å². The predicted octanol–water partition coefficient (Wildman–Crippen LogP) is 2.14. The van der Waals surface area contributed by atoms with Crippen molar-refractivity contribution in [2.75, 3.05) is 0 Å². The fourth-order valence-corrected chi connectivity index (χ4v) is 2.77. The molecule has 1 aliphatic carbocycles. The number of ketones is 1. The Morgan fingerprint density at radius 2 is 1.90 bits per heavy atom. The van der Waals surface area contributed by atoms with Gasteiger partial charge in [0.25, 0.3) is 0 Å². The van der Waals surface area contributed by atoms with Crippen molar-refractivity contribution in [3.05, 3.63) is 35.4 Å². The summed E-state index contributed by atoms with van der Waals surface area (Å²) in [6.07, 6.45) is 0.903. The number of hydrogen-bond acceptors (Lipinski definition) is 3. The summed E-state index contributed by atoms with van der Waals surface area (Å²) in [4.78, 5) is 34.7. The number of aryl methyl sites for hydroxylation is 1. The first-order valence-corrected chi connectivity index (χ1v) is 6.55. The molecular weight excluding hydrogens is 260 g/mol. The summed E-state index contributed by atoms with van der Waals surface area (Å²) in [5.74, 6) is -2.52. The molecule has 1 unspecified atom stereocenters. The maximum Gasteiger partial charge on any atom is 0.317 e. The number of hydrogen-bond donors (Lipinski definition) is 2. The van der Waals surface area contributed by atoms with E-state index in [-0.39, 0.29) is 25.7 Å². The fourth-order valence-electron chi connectivity index (χ4n) is 2.77. The SMILES string of the molecule is O=C(O)CCCC1(C(=O)O)CCc2ccccc2C1=O. The molecule has 0 heterocycles. The van der Waals surface area contributed by atoms with E-state index in [1.807, 2.05) is 12.1 Å². The summed E-state index contributed by atoms with van der Waals surface area (Å²) >= 11 is 0. The van der Waals surface area contributed by atoms with E-state index in [1.54, 1.807) is 12.1 Å². The summed E-state index contributed by atoms with van der Waals surface area (Å²) < 4.78 is 0. The Balaban J connectivity index is 2.28. The Morgan fingerprint density at radius 1 is 1.20 bits per heavy atom. The maximum atomic E-state index is 12.5. The molecule has 0 bridgehead atoms. The first-order chi connectivity index (χ1) is 9.47. The monoisotopic (exact) mass is 276 g/mol. The molecule has 106 valence electrons. The second-order valence-electron chi connectivity index (χ2n) is 5.12. The average Bonchev–Trinajstić information content (AvgIpc) is 2.41. The molecule has 0 saturated heterocycles. The number of carbonyl (C=O) groups excluding carboxylic acids is 1. The van der Waals surface area contributed by atoms with E-state index in [4.69, 9.17) is 5.11 Å². The van der Waals surface area contributed by atoms with Crippen LogP contribution in [0.25, 0.3) is 0 Å². The van der Waals surface area contributed by atoms with Crippen molar-refractivity contribution in [3.8, 4) is 0 Å². The van der Waals surface area contributed by atoms with Gasteiger partial charge in [-0.05, 0) is 31.2 Å². The van der Waals surface area contributed by atoms with E-state index in [0.29, 0.717) is 12.0 Å². The molecule has 0 amide bonds. The van der Waals surface area contributed by atoms with E-state index in [9.17, 15) is 19.5 Å². The van der Waals surface area contributed by atoms with E-state index in [1.165, 1.54) is 0 Å². The summed E-state index contributed by atoms with van der Waals surface area (Å²) in [5.41, 5.74) is -0.145. The minimum absolute atomic E-state index is 0.0712. The molecule has 0 aromatic heterocycles. The molecule has 20 heavy (non-hydrogen) atoms. The Morgan fingerprint density at radius 3 is 2.55 bits per heavy atom. The Labute approximate surface area is 116 Å². The standard InChI is InChI=1S/C15H16O5/c16-12(17)6-3-8-15(14(19)20)9-7-10-4-1-2-5-11(10)13(15)18/h1-2,4-5H,3,6-9H2,(H,16,17)(H,19,20). The topological polar surface area (TPSA) is 91.7 Å². The van der Waals surface area contributed by atoms with Gasteiger partial charge in [0.1, 0.15) is 5.41 Å². The minimum Gasteiger partial charge on any atom is -0.481 e. The number of carboxylic acids is 2. The van der Waals surface area contributed by atoms with Crippen LogP contribution in [0.2, 0.25) is 0 Å². The van der Waals surface area contributed by atoms with Crippen LogP contribution in [0.4, 0.5) is 0 Å². The highest BCUT2D eigenvalue weighted by Crippen LogP contribution is 2.39. The Hall–Kier alpha value is -2.17. The lowest BCUT2D eigenvalue weighted by Crippen LogP contribution is -2.43. The minimum atomic E-state index is -1.47. The largest absolute Gasteiger partial charge is 0.481 e. The fraction of sp³-hybridized carbons (Fsp3) is 0.400. The molecule has 1 atom stereocenters. The van der Waals surface area contributed by atoms with Gasteiger partial charge in [-0.25, -0.2) is 0 Å². The van der Waals surface area contributed by atoms with Gasteiger partial charge in [-0.1, -0.05) is 24.3 Å². The van der Waals surface area contributed by atoms with Crippen LogP contribution in [0, 0.1) is 5.41 Å². The van der Waals surface area contributed by atoms with Gasteiger partial charge in [-0.3, -0.25) is 14.4 Å². The molecule has 2 N–H and O–H groups in total. The quantitative estimate of drug-likeness (QED) is 0.804. The van der Waals surface area contributed by atoms with Crippen molar-refractivity contribution in [1.29, 1.82) is 0 Å². The summed E-state index contributed by atoms with van der Waals surface area (Å²) in [6, 6.07) is 7.01. The van der Waals surface area contributed by atoms with Crippen LogP contribution in [0.5, 0.6) is 0 Å². The van der Waals surface area contributed by atoms with E-state index < -0.39 is 23.1 Å². The summed E-state index contributed by atoms with van der Waals surface area (Å²) in [5, 5.41) is 18.1. The smallest absolute Gasteiger partial charge is 0.317 e. The molecule has 0 saturated carbocycles. The zero-order valence-electron chi connectivity index (χ0n) is 11.0. The molecule has 0 fully saturated rings. The van der Waals surface area contributed by atoms with Gasteiger partial charge in [0.2, 0.25) is 0 Å². The third-order valence-corrected chi connectivity index (χ3v) is 3.92. The van der Waals surface area contributed by atoms with Gasteiger partial charge in [-0.15, -0.1) is 0 Å². The van der Waals surface area contributed by atoms with Crippen LogP contribution in [-0.4, -0.2) is 27.9 Å². The third-order valence-electron chi connectivity index (χ3n) is 3.92. The zero-order valence-corrected chi connectivity index (χ0v) is 11.0. The number of Topliss-reactive ketones (excluding diaryl/α,β-unsaturated/α-hetero) is 1. The first kappa shape index (κ1) is 14.2. The van der Waals surface area contributed by atoms with Crippen LogP contribution in [0.3, 0.4) is 0 Å². The van der Waals surface area contributed by atoms with Gasteiger partial charge in [0.15, 0.2) is 5.78 Å². The molecular formula is C15H16O5. The van der Waals surface area contributed by atoms with Gasteiger partial charge in [0, 0.05) is 12.0 Å². The van der Waals surface area contributed by atoms with Crippen molar-refractivity contribution in [1.82, 2.24) is 0 Å². The van der Waals surface area contributed by atoms with Gasteiger partial charge in [0.05, 0.1) is 0 Å². The number of fused-ring (bicyclic) bond motifs is 1. The predicted molar refractivity (Wildman–Crippen MR) is 70.6 cm³/mol. The van der Waals surface area contributed by atoms with Crippen molar-refractivity contribution < 1.29 is 24.6 Å². The van der Waals surface area contributed by atoms with Crippen LogP contribution < -0.4 is 0 Å². The molecule has 0 radical (unpaired) electrons. The molecule has 1 aromatic rings. The first-order valence-electron chi connectivity index (χ1n) is 6.55. The number of carboxylic acid groups (broad SMARTS) is 2. The van der Waals surface area contributed by atoms with Gasteiger partial charge < -0.3 is 10.2 Å². The molecule has 5 nitrogen and oxygen atoms in total. The van der Waals surface area contributed by atoms with Crippen LogP contribution in [0.15, 0.2) is 24.3 Å². The van der Waals surface area contributed by atoms with Gasteiger partial charge >= 0.3 is 11.9 Å². The lowest BCUT2D eigenvalue weighted by atomic mass is 9.68. The van der Waals surface area contributed by atoms with Crippen LogP contribution in [-0.2, 0) is 16.0 Å². The molecule has 5 heteroatoms. The van der Waals surface area contributed by atoms with E-state index in [0.717, 1.165) is 5.56 Å². The molecule has 0 spiro atoms.